The summed E-state index contributed by atoms with van der Waals surface area (Å²) in [5.41, 5.74) is 0. The fourth-order valence-corrected chi connectivity index (χ4v) is 7.20. The Morgan fingerprint density at radius 3 is 1.08 bits per heavy atom. The Morgan fingerprint density at radius 2 is 0.667 bits per heavy atom. The minimum atomic E-state index is -0.781. The predicted octanol–water partition coefficient (Wildman–Crippen LogP) is 16.7. The molecule has 0 rings (SSSR count). The zero-order valence-electron chi connectivity index (χ0n) is 39.7. The number of rotatable bonds is 46. The zero-order valence-corrected chi connectivity index (χ0v) is 39.7. The van der Waals surface area contributed by atoms with Crippen LogP contribution in [0.1, 0.15) is 258 Å². The van der Waals surface area contributed by atoms with E-state index in [1.807, 2.05) is 0 Å². The van der Waals surface area contributed by atoms with Crippen molar-refractivity contribution in [2.45, 2.75) is 264 Å². The Kier molecular flexibility index (Phi) is 46.9. The van der Waals surface area contributed by atoms with Crippen molar-refractivity contribution in [3.8, 4) is 0 Å². The molecule has 0 aliphatic heterocycles. The second-order valence-corrected chi connectivity index (χ2v) is 17.1. The molecule has 0 radical (unpaired) electrons. The van der Waals surface area contributed by atoms with Gasteiger partial charge in [-0.1, -0.05) is 217 Å². The Morgan fingerprint density at radius 1 is 0.350 bits per heavy atom. The van der Waals surface area contributed by atoms with Crippen LogP contribution in [0, 0.1) is 0 Å². The van der Waals surface area contributed by atoms with Crippen molar-refractivity contribution in [3.05, 3.63) is 48.6 Å². The van der Waals surface area contributed by atoms with Gasteiger partial charge >= 0.3 is 17.9 Å². The van der Waals surface area contributed by atoms with Gasteiger partial charge in [0.25, 0.3) is 0 Å². The van der Waals surface area contributed by atoms with Gasteiger partial charge in [0.2, 0.25) is 0 Å². The molecule has 348 valence electrons. The largest absolute Gasteiger partial charge is 0.462 e. The van der Waals surface area contributed by atoms with E-state index in [0.29, 0.717) is 19.3 Å². The molecule has 6 nitrogen and oxygen atoms in total. The normalized spacial score (nSPS) is 12.4. The topological polar surface area (TPSA) is 78.9 Å². The fourth-order valence-electron chi connectivity index (χ4n) is 7.20. The smallest absolute Gasteiger partial charge is 0.306 e. The third kappa shape index (κ3) is 46.4. The maximum atomic E-state index is 12.8. The van der Waals surface area contributed by atoms with E-state index in [2.05, 4.69) is 69.4 Å². The summed E-state index contributed by atoms with van der Waals surface area (Å²) in [6, 6.07) is 0. The standard InChI is InChI=1S/C54H96O6/c1-4-7-10-13-16-19-22-24-26-28-29-32-35-38-41-44-47-53(56)59-50-51(49-58-52(55)46-43-40-37-34-31-21-18-15-12-9-6-3)60-54(57)48-45-42-39-36-33-30-27-25-23-20-17-14-11-8-5-2/h8,11,15,17-18,20,25,27,51H,4-7,9-10,12-14,16,19,21-24,26,28-50H2,1-3H3/b11-8-,18-15-,20-17-,27-25-. The molecule has 0 aliphatic rings. The lowest BCUT2D eigenvalue weighted by atomic mass is 10.0. The summed E-state index contributed by atoms with van der Waals surface area (Å²) in [5.74, 6) is -0.901. The lowest BCUT2D eigenvalue weighted by molar-refractivity contribution is -0.167. The second-order valence-electron chi connectivity index (χ2n) is 17.1. The molecule has 0 N–H and O–H groups in total. The van der Waals surface area contributed by atoms with Crippen LogP contribution in [0.25, 0.3) is 0 Å². The molecule has 0 fully saturated rings. The lowest BCUT2D eigenvalue weighted by Gasteiger charge is -2.18. The van der Waals surface area contributed by atoms with E-state index < -0.39 is 6.10 Å². The van der Waals surface area contributed by atoms with E-state index in [9.17, 15) is 14.4 Å². The molecule has 0 heterocycles. The minimum Gasteiger partial charge on any atom is -0.462 e. The maximum absolute atomic E-state index is 12.8. The first-order valence-electron chi connectivity index (χ1n) is 25.6. The third-order valence-corrected chi connectivity index (χ3v) is 11.1. The fraction of sp³-hybridized carbons (Fsp3) is 0.796. The number of hydrogen-bond donors (Lipinski definition) is 0. The van der Waals surface area contributed by atoms with E-state index in [4.69, 9.17) is 14.2 Å². The minimum absolute atomic E-state index is 0.0805. The molecule has 0 aromatic carbocycles. The van der Waals surface area contributed by atoms with Crippen LogP contribution in [0.3, 0.4) is 0 Å². The van der Waals surface area contributed by atoms with Gasteiger partial charge in [0, 0.05) is 19.3 Å². The highest BCUT2D eigenvalue weighted by molar-refractivity contribution is 5.71. The van der Waals surface area contributed by atoms with Gasteiger partial charge in [0.05, 0.1) is 0 Å². The summed E-state index contributed by atoms with van der Waals surface area (Å²) < 4.78 is 16.8. The molecule has 0 amide bonds. The molecule has 1 atom stereocenters. The molecule has 60 heavy (non-hydrogen) atoms. The van der Waals surface area contributed by atoms with E-state index >= 15 is 0 Å². The number of unbranched alkanes of at least 4 members (excludes halogenated alkanes) is 27. The summed E-state index contributed by atoms with van der Waals surface area (Å²) in [6.07, 6.45) is 58.1. The van der Waals surface area contributed by atoms with Crippen LogP contribution in [0.15, 0.2) is 48.6 Å². The Hall–Kier alpha value is -2.63. The van der Waals surface area contributed by atoms with Crippen molar-refractivity contribution in [2.75, 3.05) is 13.2 Å². The van der Waals surface area contributed by atoms with Crippen molar-refractivity contribution in [2.24, 2.45) is 0 Å². The highest BCUT2D eigenvalue weighted by Crippen LogP contribution is 2.15. The number of hydrogen-bond acceptors (Lipinski definition) is 6. The molecule has 1 unspecified atom stereocenters. The summed E-state index contributed by atoms with van der Waals surface area (Å²) in [4.78, 5) is 37.9. The molecule has 0 aromatic heterocycles. The number of carbonyl (C=O) groups excluding carboxylic acids is 3. The molecule has 0 aliphatic carbocycles. The van der Waals surface area contributed by atoms with Crippen LogP contribution in [0.2, 0.25) is 0 Å². The average molecular weight is 841 g/mol. The van der Waals surface area contributed by atoms with Gasteiger partial charge in [-0.25, -0.2) is 0 Å². The van der Waals surface area contributed by atoms with Crippen molar-refractivity contribution < 1.29 is 28.6 Å². The molecule has 0 spiro atoms. The van der Waals surface area contributed by atoms with Crippen LogP contribution in [-0.2, 0) is 28.6 Å². The summed E-state index contributed by atoms with van der Waals surface area (Å²) in [6.45, 7) is 6.48. The molecule has 0 saturated heterocycles. The number of allylic oxidation sites excluding steroid dienone is 8. The van der Waals surface area contributed by atoms with E-state index in [0.717, 1.165) is 103 Å². The first-order chi connectivity index (χ1) is 29.5. The van der Waals surface area contributed by atoms with Crippen LogP contribution in [0.4, 0.5) is 0 Å². The quantitative estimate of drug-likeness (QED) is 0.0263. The molecule has 0 saturated carbocycles. The first-order valence-corrected chi connectivity index (χ1v) is 25.6. The van der Waals surface area contributed by atoms with Crippen LogP contribution >= 0.6 is 0 Å². The Bertz CT molecular complexity index is 1060. The van der Waals surface area contributed by atoms with Gasteiger partial charge in [-0.05, 0) is 70.6 Å². The number of carbonyl (C=O) groups is 3. The molecule has 0 aromatic rings. The summed E-state index contributed by atoms with van der Waals surface area (Å²) >= 11 is 0. The van der Waals surface area contributed by atoms with Gasteiger partial charge in [0.15, 0.2) is 6.10 Å². The van der Waals surface area contributed by atoms with Gasteiger partial charge in [-0.15, -0.1) is 0 Å². The second kappa shape index (κ2) is 49.0. The van der Waals surface area contributed by atoms with Crippen molar-refractivity contribution >= 4 is 17.9 Å². The zero-order chi connectivity index (χ0) is 43.7. The van der Waals surface area contributed by atoms with Crippen LogP contribution in [0.5, 0.6) is 0 Å². The lowest BCUT2D eigenvalue weighted by Crippen LogP contribution is -2.30. The third-order valence-electron chi connectivity index (χ3n) is 11.1. The van der Waals surface area contributed by atoms with Crippen molar-refractivity contribution in [1.82, 2.24) is 0 Å². The van der Waals surface area contributed by atoms with Crippen molar-refractivity contribution in [3.63, 3.8) is 0 Å². The van der Waals surface area contributed by atoms with E-state index in [-0.39, 0.29) is 31.1 Å². The summed E-state index contributed by atoms with van der Waals surface area (Å²) in [7, 11) is 0. The summed E-state index contributed by atoms with van der Waals surface area (Å²) in [5, 5.41) is 0. The molecular formula is C54H96O6. The van der Waals surface area contributed by atoms with Gasteiger partial charge in [0.1, 0.15) is 13.2 Å². The SMILES string of the molecule is CC/C=C\C/C=C\C/C=C\CCCCCCCC(=O)OC(COC(=O)CCCCCCC/C=C\CCCC)COC(=O)CCCCCCCCCCCCCCCCCC. The highest BCUT2D eigenvalue weighted by atomic mass is 16.6. The average Bonchev–Trinajstić information content (AvgIpc) is 3.24. The molecular weight excluding hydrogens is 745 g/mol. The highest BCUT2D eigenvalue weighted by Gasteiger charge is 2.19. The predicted molar refractivity (Wildman–Crippen MR) is 256 cm³/mol. The Balaban J connectivity index is 4.37. The van der Waals surface area contributed by atoms with E-state index in [1.54, 1.807) is 0 Å². The van der Waals surface area contributed by atoms with Crippen molar-refractivity contribution in [1.29, 1.82) is 0 Å². The monoisotopic (exact) mass is 841 g/mol. The first kappa shape index (κ1) is 57.4. The number of esters is 3. The van der Waals surface area contributed by atoms with Gasteiger partial charge < -0.3 is 14.2 Å². The van der Waals surface area contributed by atoms with E-state index in [1.165, 1.54) is 116 Å². The molecule has 0 bridgehead atoms. The van der Waals surface area contributed by atoms with Gasteiger partial charge in [-0.2, -0.15) is 0 Å². The number of ether oxygens (including phenoxy) is 3. The molecule has 6 heteroatoms. The van der Waals surface area contributed by atoms with Crippen LogP contribution < -0.4 is 0 Å². The Labute approximate surface area is 371 Å². The maximum Gasteiger partial charge on any atom is 0.306 e. The van der Waals surface area contributed by atoms with Crippen LogP contribution in [-0.4, -0.2) is 37.2 Å². The van der Waals surface area contributed by atoms with Gasteiger partial charge in [-0.3, -0.25) is 14.4 Å².